The van der Waals surface area contributed by atoms with Gasteiger partial charge in [0.25, 0.3) is 11.6 Å². The molecule has 9 nitrogen and oxygen atoms in total. The highest BCUT2D eigenvalue weighted by molar-refractivity contribution is 5.96. The fourth-order valence-corrected chi connectivity index (χ4v) is 5.20. The lowest BCUT2D eigenvalue weighted by molar-refractivity contribution is -0.384. The number of amides is 2. The Balaban J connectivity index is 1.36. The molecular weight excluding hydrogens is 422 g/mol. The molecule has 0 aliphatic carbocycles. The van der Waals surface area contributed by atoms with E-state index in [4.69, 9.17) is 0 Å². The van der Waals surface area contributed by atoms with Crippen molar-refractivity contribution in [2.24, 2.45) is 5.92 Å². The van der Waals surface area contributed by atoms with Crippen LogP contribution < -0.4 is 4.90 Å². The van der Waals surface area contributed by atoms with Gasteiger partial charge < -0.3 is 14.7 Å². The molecule has 0 saturated carbocycles. The maximum absolute atomic E-state index is 13.1. The summed E-state index contributed by atoms with van der Waals surface area (Å²) in [6.07, 6.45) is 5.51. The van der Waals surface area contributed by atoms with Gasteiger partial charge in [-0.05, 0) is 50.2 Å². The Morgan fingerprint density at radius 3 is 2.36 bits per heavy atom. The first-order valence-corrected chi connectivity index (χ1v) is 12.2. The van der Waals surface area contributed by atoms with E-state index in [2.05, 4.69) is 16.7 Å². The molecule has 1 aromatic carbocycles. The molecule has 0 N–H and O–H groups in total. The standard InChI is InChI=1S/C24H35N5O4/c1-19-6-5-11-28(17-19)21-8-7-20(16-22(21)29(32)33)24(31)27-14-12-25(13-15-27)18-23(30)26-9-3-2-4-10-26/h7-8,16,19H,2-6,9-15,17-18H2,1H3. The van der Waals surface area contributed by atoms with E-state index < -0.39 is 0 Å². The van der Waals surface area contributed by atoms with Gasteiger partial charge in [-0.25, -0.2) is 0 Å². The van der Waals surface area contributed by atoms with Gasteiger partial charge in [-0.15, -0.1) is 0 Å². The largest absolute Gasteiger partial charge is 0.366 e. The predicted molar refractivity (Wildman–Crippen MR) is 126 cm³/mol. The molecule has 0 spiro atoms. The molecule has 2 amide bonds. The Hall–Kier alpha value is -2.68. The molecule has 3 saturated heterocycles. The average molecular weight is 458 g/mol. The zero-order chi connectivity index (χ0) is 23.4. The van der Waals surface area contributed by atoms with Crippen molar-refractivity contribution in [3.63, 3.8) is 0 Å². The van der Waals surface area contributed by atoms with Crippen LogP contribution in [-0.4, -0.2) is 90.3 Å². The van der Waals surface area contributed by atoms with E-state index in [9.17, 15) is 19.7 Å². The summed E-state index contributed by atoms with van der Waals surface area (Å²) in [5.74, 6) is 0.490. The number of hydrogen-bond acceptors (Lipinski definition) is 6. The second-order valence-corrected chi connectivity index (χ2v) is 9.66. The number of nitrogens with zero attached hydrogens (tertiary/aromatic N) is 5. The molecule has 1 atom stereocenters. The smallest absolute Gasteiger partial charge is 0.293 e. The van der Waals surface area contributed by atoms with E-state index >= 15 is 0 Å². The average Bonchev–Trinajstić information content (AvgIpc) is 2.84. The van der Waals surface area contributed by atoms with Crippen molar-refractivity contribution >= 4 is 23.2 Å². The highest BCUT2D eigenvalue weighted by Gasteiger charge is 2.28. The highest BCUT2D eigenvalue weighted by atomic mass is 16.6. The van der Waals surface area contributed by atoms with Gasteiger partial charge in [0.1, 0.15) is 5.69 Å². The number of hydrogen-bond donors (Lipinski definition) is 0. The summed E-state index contributed by atoms with van der Waals surface area (Å²) in [6.45, 7) is 8.17. The lowest BCUT2D eigenvalue weighted by Gasteiger charge is -2.36. The second kappa shape index (κ2) is 10.5. The molecular formula is C24H35N5O4. The second-order valence-electron chi connectivity index (χ2n) is 9.66. The Morgan fingerprint density at radius 1 is 0.970 bits per heavy atom. The van der Waals surface area contributed by atoms with E-state index in [1.54, 1.807) is 17.0 Å². The van der Waals surface area contributed by atoms with Crippen LogP contribution in [0.5, 0.6) is 0 Å². The number of carbonyl (C=O) groups is 2. The number of carbonyl (C=O) groups excluding carboxylic acids is 2. The van der Waals surface area contributed by atoms with Crippen LogP contribution in [0.25, 0.3) is 0 Å². The molecule has 3 aliphatic heterocycles. The van der Waals surface area contributed by atoms with E-state index in [1.165, 1.54) is 12.5 Å². The van der Waals surface area contributed by atoms with Gasteiger partial charge in [-0.1, -0.05) is 6.92 Å². The Kier molecular flexibility index (Phi) is 7.47. The summed E-state index contributed by atoms with van der Waals surface area (Å²) in [6, 6.07) is 4.89. The lowest BCUT2D eigenvalue weighted by Crippen LogP contribution is -2.52. The van der Waals surface area contributed by atoms with E-state index in [0.717, 1.165) is 51.9 Å². The van der Waals surface area contributed by atoms with Crippen molar-refractivity contribution in [3.05, 3.63) is 33.9 Å². The van der Waals surface area contributed by atoms with Crippen molar-refractivity contribution in [2.45, 2.75) is 39.0 Å². The highest BCUT2D eigenvalue weighted by Crippen LogP contribution is 2.32. The molecule has 33 heavy (non-hydrogen) atoms. The molecule has 9 heteroatoms. The number of piperidine rings is 2. The third kappa shape index (κ3) is 5.63. The van der Waals surface area contributed by atoms with Crippen LogP contribution in [0.1, 0.15) is 49.4 Å². The number of rotatable bonds is 5. The first-order valence-electron chi connectivity index (χ1n) is 12.2. The van der Waals surface area contributed by atoms with Gasteiger partial charge in [-0.3, -0.25) is 24.6 Å². The molecule has 4 rings (SSSR count). The van der Waals surface area contributed by atoms with Gasteiger partial charge >= 0.3 is 0 Å². The van der Waals surface area contributed by atoms with Crippen molar-refractivity contribution < 1.29 is 14.5 Å². The topological polar surface area (TPSA) is 90.2 Å². The van der Waals surface area contributed by atoms with Gasteiger partial charge in [0.2, 0.25) is 5.91 Å². The van der Waals surface area contributed by atoms with Gasteiger partial charge in [0.05, 0.1) is 11.5 Å². The van der Waals surface area contributed by atoms with E-state index in [1.807, 2.05) is 4.90 Å². The molecule has 0 aromatic heterocycles. The quantitative estimate of drug-likeness (QED) is 0.499. The molecule has 1 aromatic rings. The van der Waals surface area contributed by atoms with Crippen LogP contribution in [0, 0.1) is 16.0 Å². The van der Waals surface area contributed by atoms with E-state index in [0.29, 0.717) is 49.9 Å². The maximum Gasteiger partial charge on any atom is 0.293 e. The van der Waals surface area contributed by atoms with Gasteiger partial charge in [-0.2, -0.15) is 0 Å². The fourth-order valence-electron chi connectivity index (χ4n) is 5.20. The number of likely N-dealkylation sites (tertiary alicyclic amines) is 1. The van der Waals surface area contributed by atoms with Crippen molar-refractivity contribution in [3.8, 4) is 0 Å². The molecule has 0 bridgehead atoms. The predicted octanol–water partition coefficient (Wildman–Crippen LogP) is 2.60. The molecule has 1 unspecified atom stereocenters. The summed E-state index contributed by atoms with van der Waals surface area (Å²) < 4.78 is 0. The normalized spacial score (nSPS) is 22.3. The number of nitro groups is 1. The van der Waals surface area contributed by atoms with Crippen LogP contribution in [-0.2, 0) is 4.79 Å². The lowest BCUT2D eigenvalue weighted by atomic mass is 9.99. The Bertz CT molecular complexity index is 878. The summed E-state index contributed by atoms with van der Waals surface area (Å²) in [5.41, 5.74) is 0.957. The first-order chi connectivity index (χ1) is 15.9. The van der Waals surface area contributed by atoms with Crippen LogP contribution >= 0.6 is 0 Å². The van der Waals surface area contributed by atoms with Crippen molar-refractivity contribution in [2.75, 3.05) is 63.8 Å². The number of nitro benzene ring substituents is 1. The van der Waals surface area contributed by atoms with Crippen LogP contribution in [0.2, 0.25) is 0 Å². The summed E-state index contributed by atoms with van der Waals surface area (Å²) >= 11 is 0. The third-order valence-corrected chi connectivity index (χ3v) is 7.14. The van der Waals surface area contributed by atoms with E-state index in [-0.39, 0.29) is 22.4 Å². The third-order valence-electron chi connectivity index (χ3n) is 7.14. The van der Waals surface area contributed by atoms with Crippen LogP contribution in [0.4, 0.5) is 11.4 Å². The number of anilines is 1. The number of benzene rings is 1. The maximum atomic E-state index is 13.1. The van der Waals surface area contributed by atoms with Crippen molar-refractivity contribution in [1.29, 1.82) is 0 Å². The minimum atomic E-state index is -0.379. The molecule has 3 fully saturated rings. The number of piperazine rings is 1. The molecule has 3 heterocycles. The minimum absolute atomic E-state index is 0.000661. The Morgan fingerprint density at radius 2 is 1.70 bits per heavy atom. The van der Waals surface area contributed by atoms with Gasteiger partial charge in [0, 0.05) is 64.0 Å². The molecule has 180 valence electrons. The SMILES string of the molecule is CC1CCCN(c2ccc(C(=O)N3CCN(CC(=O)N4CCCCC4)CC3)cc2[N+](=O)[O-])C1. The van der Waals surface area contributed by atoms with Crippen LogP contribution in [0.15, 0.2) is 18.2 Å². The zero-order valence-electron chi connectivity index (χ0n) is 19.6. The minimum Gasteiger partial charge on any atom is -0.366 e. The van der Waals surface area contributed by atoms with Crippen molar-refractivity contribution in [1.82, 2.24) is 14.7 Å². The Labute approximate surface area is 195 Å². The molecule has 3 aliphatic rings. The molecule has 0 radical (unpaired) electrons. The first kappa shape index (κ1) is 23.5. The summed E-state index contributed by atoms with van der Waals surface area (Å²) in [7, 11) is 0. The van der Waals surface area contributed by atoms with Gasteiger partial charge in [0.15, 0.2) is 0 Å². The summed E-state index contributed by atoms with van der Waals surface area (Å²) in [4.78, 5) is 44.9. The zero-order valence-corrected chi connectivity index (χ0v) is 19.6. The van der Waals surface area contributed by atoms with Crippen LogP contribution in [0.3, 0.4) is 0 Å². The monoisotopic (exact) mass is 457 g/mol. The fraction of sp³-hybridized carbons (Fsp3) is 0.667. The summed E-state index contributed by atoms with van der Waals surface area (Å²) in [5, 5.41) is 11.8.